The number of piperazine rings is 1. The highest BCUT2D eigenvalue weighted by Gasteiger charge is 2.23. The molecule has 1 amide bonds. The minimum absolute atomic E-state index is 0.136. The Morgan fingerprint density at radius 1 is 1.09 bits per heavy atom. The Balaban J connectivity index is 1.90. The first-order chi connectivity index (χ1) is 10.3. The summed E-state index contributed by atoms with van der Waals surface area (Å²) in [5.41, 5.74) is 2.46. The molecule has 0 spiro atoms. The molecule has 0 radical (unpaired) electrons. The molecule has 3 heteroatoms. The van der Waals surface area contributed by atoms with Crippen LogP contribution in [0.25, 0.3) is 5.57 Å². The number of nitrogens with zero attached hydrogens (tertiary/aromatic N) is 2. The van der Waals surface area contributed by atoms with Crippen molar-refractivity contribution < 1.29 is 4.79 Å². The third kappa shape index (κ3) is 4.99. The summed E-state index contributed by atoms with van der Waals surface area (Å²) in [6, 6.07) is 10.1. The quantitative estimate of drug-likeness (QED) is 0.800. The van der Waals surface area contributed by atoms with Crippen LogP contribution in [0.2, 0.25) is 0 Å². The normalized spacial score (nSPS) is 17.6. The predicted octanol–water partition coefficient (Wildman–Crippen LogP) is 3.28. The molecular weight excluding hydrogens is 272 g/mol. The van der Waals surface area contributed by atoms with Gasteiger partial charge in [0, 0.05) is 38.8 Å². The van der Waals surface area contributed by atoms with E-state index >= 15 is 0 Å². The molecule has 0 saturated carbocycles. The first-order valence-corrected chi connectivity index (χ1v) is 8.10. The topological polar surface area (TPSA) is 23.6 Å². The molecule has 1 saturated heterocycles. The highest BCUT2D eigenvalue weighted by molar-refractivity contribution is 5.94. The Kier molecular flexibility index (Phi) is 5.41. The van der Waals surface area contributed by atoms with Crippen LogP contribution in [0.3, 0.4) is 0 Å². The fraction of sp³-hybridized carbons (Fsp3) is 0.526. The summed E-state index contributed by atoms with van der Waals surface area (Å²) in [6.07, 6.45) is 1.77. The summed E-state index contributed by atoms with van der Waals surface area (Å²) in [4.78, 5) is 16.8. The lowest BCUT2D eigenvalue weighted by Gasteiger charge is -2.37. The molecule has 0 N–H and O–H groups in total. The Morgan fingerprint density at radius 3 is 2.23 bits per heavy atom. The van der Waals surface area contributed by atoms with Gasteiger partial charge in [-0.15, -0.1) is 0 Å². The molecule has 0 aliphatic carbocycles. The third-order valence-corrected chi connectivity index (χ3v) is 3.95. The number of hydrogen-bond acceptors (Lipinski definition) is 2. The van der Waals surface area contributed by atoms with Gasteiger partial charge >= 0.3 is 0 Å². The van der Waals surface area contributed by atoms with Gasteiger partial charge in [0.05, 0.1) is 0 Å². The van der Waals surface area contributed by atoms with Crippen molar-refractivity contribution in [1.82, 2.24) is 9.80 Å². The number of rotatable bonds is 3. The summed E-state index contributed by atoms with van der Waals surface area (Å²) >= 11 is 0. The lowest BCUT2D eigenvalue weighted by Crippen LogP contribution is -2.50. The van der Waals surface area contributed by atoms with Crippen LogP contribution < -0.4 is 0 Å². The maximum atomic E-state index is 12.4. The molecular formula is C19H28N2O. The van der Waals surface area contributed by atoms with Gasteiger partial charge in [-0.25, -0.2) is 0 Å². The van der Waals surface area contributed by atoms with Crippen molar-refractivity contribution >= 4 is 11.5 Å². The van der Waals surface area contributed by atoms with Crippen LogP contribution >= 0.6 is 0 Å². The molecule has 0 unspecified atom stereocenters. The van der Waals surface area contributed by atoms with Crippen molar-refractivity contribution in [1.29, 1.82) is 0 Å². The SMILES string of the molecule is C/C(=C\C(=O)N1CCN(CC(C)(C)C)CC1)c1ccccc1. The predicted molar refractivity (Wildman–Crippen MR) is 92.6 cm³/mol. The molecule has 1 fully saturated rings. The second kappa shape index (κ2) is 7.10. The van der Waals surface area contributed by atoms with Gasteiger partial charge in [0.15, 0.2) is 0 Å². The third-order valence-electron chi connectivity index (χ3n) is 3.95. The number of amides is 1. The van der Waals surface area contributed by atoms with Crippen LogP contribution in [0.15, 0.2) is 36.4 Å². The number of allylic oxidation sites excluding steroid dienone is 1. The fourth-order valence-electron chi connectivity index (χ4n) is 2.86. The standard InChI is InChI=1S/C19H28N2O/c1-16(17-8-6-5-7-9-17)14-18(22)21-12-10-20(11-13-21)15-19(2,3)4/h5-9,14H,10-13,15H2,1-4H3/b16-14+. The van der Waals surface area contributed by atoms with Crippen molar-refractivity contribution in [2.45, 2.75) is 27.7 Å². The van der Waals surface area contributed by atoms with Gasteiger partial charge in [0.2, 0.25) is 5.91 Å². The van der Waals surface area contributed by atoms with E-state index < -0.39 is 0 Å². The van der Waals surface area contributed by atoms with E-state index in [0.29, 0.717) is 5.41 Å². The van der Waals surface area contributed by atoms with Crippen LogP contribution in [0.1, 0.15) is 33.3 Å². The van der Waals surface area contributed by atoms with Crippen molar-refractivity contribution in [3.63, 3.8) is 0 Å². The zero-order valence-corrected chi connectivity index (χ0v) is 14.3. The maximum Gasteiger partial charge on any atom is 0.246 e. The number of carbonyl (C=O) groups is 1. The van der Waals surface area contributed by atoms with Crippen LogP contribution in [0.4, 0.5) is 0 Å². The largest absolute Gasteiger partial charge is 0.337 e. The van der Waals surface area contributed by atoms with Crippen LogP contribution in [-0.4, -0.2) is 48.4 Å². The first kappa shape index (κ1) is 16.8. The van der Waals surface area contributed by atoms with E-state index in [4.69, 9.17) is 0 Å². The van der Waals surface area contributed by atoms with Crippen molar-refractivity contribution in [3.05, 3.63) is 42.0 Å². The molecule has 0 atom stereocenters. The molecule has 3 nitrogen and oxygen atoms in total. The second-order valence-corrected chi connectivity index (χ2v) is 7.36. The van der Waals surface area contributed by atoms with Gasteiger partial charge in [-0.3, -0.25) is 9.69 Å². The molecule has 1 aliphatic rings. The van der Waals surface area contributed by atoms with Crippen LogP contribution in [0.5, 0.6) is 0 Å². The highest BCUT2D eigenvalue weighted by atomic mass is 16.2. The van der Waals surface area contributed by atoms with E-state index in [9.17, 15) is 4.79 Å². The average Bonchev–Trinajstić information content (AvgIpc) is 2.47. The monoisotopic (exact) mass is 300 g/mol. The molecule has 120 valence electrons. The highest BCUT2D eigenvalue weighted by Crippen LogP contribution is 2.17. The minimum atomic E-state index is 0.136. The Labute approximate surface area is 134 Å². The average molecular weight is 300 g/mol. The number of carbonyl (C=O) groups excluding carboxylic acids is 1. The Hall–Kier alpha value is -1.61. The lowest BCUT2D eigenvalue weighted by atomic mass is 9.96. The molecule has 1 aliphatic heterocycles. The summed E-state index contributed by atoms with van der Waals surface area (Å²) in [5, 5.41) is 0. The minimum Gasteiger partial charge on any atom is -0.337 e. The van der Waals surface area contributed by atoms with E-state index in [1.165, 1.54) is 0 Å². The molecule has 0 aromatic heterocycles. The van der Waals surface area contributed by atoms with E-state index in [2.05, 4.69) is 25.7 Å². The summed E-state index contributed by atoms with van der Waals surface area (Å²) in [5.74, 6) is 0.136. The zero-order valence-electron chi connectivity index (χ0n) is 14.3. The van der Waals surface area contributed by atoms with Crippen LogP contribution in [0, 0.1) is 5.41 Å². The van der Waals surface area contributed by atoms with Crippen molar-refractivity contribution in [2.24, 2.45) is 5.41 Å². The smallest absolute Gasteiger partial charge is 0.246 e. The number of hydrogen-bond donors (Lipinski definition) is 0. The molecule has 2 rings (SSSR count). The van der Waals surface area contributed by atoms with Gasteiger partial charge < -0.3 is 4.90 Å². The van der Waals surface area contributed by atoms with Crippen LogP contribution in [-0.2, 0) is 4.79 Å². The van der Waals surface area contributed by atoms with Gasteiger partial charge in [0.25, 0.3) is 0 Å². The first-order valence-electron chi connectivity index (χ1n) is 8.10. The molecule has 1 aromatic carbocycles. The molecule has 22 heavy (non-hydrogen) atoms. The molecule has 1 aromatic rings. The van der Waals surface area contributed by atoms with Gasteiger partial charge in [-0.2, -0.15) is 0 Å². The zero-order chi connectivity index (χ0) is 16.2. The Morgan fingerprint density at radius 2 is 1.68 bits per heavy atom. The maximum absolute atomic E-state index is 12.4. The van der Waals surface area contributed by atoms with E-state index in [1.807, 2.05) is 42.2 Å². The summed E-state index contributed by atoms with van der Waals surface area (Å²) in [6.45, 7) is 13.5. The number of benzene rings is 1. The summed E-state index contributed by atoms with van der Waals surface area (Å²) in [7, 11) is 0. The van der Waals surface area contributed by atoms with Gasteiger partial charge in [-0.05, 0) is 23.5 Å². The van der Waals surface area contributed by atoms with Crippen molar-refractivity contribution in [3.8, 4) is 0 Å². The Bertz CT molecular complexity index is 520. The molecule has 1 heterocycles. The van der Waals surface area contributed by atoms with E-state index in [1.54, 1.807) is 6.08 Å². The summed E-state index contributed by atoms with van der Waals surface area (Å²) < 4.78 is 0. The fourth-order valence-corrected chi connectivity index (χ4v) is 2.86. The van der Waals surface area contributed by atoms with Gasteiger partial charge in [0.1, 0.15) is 0 Å². The van der Waals surface area contributed by atoms with Gasteiger partial charge in [-0.1, -0.05) is 51.1 Å². The van der Waals surface area contributed by atoms with E-state index in [-0.39, 0.29) is 5.91 Å². The molecule has 0 bridgehead atoms. The second-order valence-electron chi connectivity index (χ2n) is 7.36. The van der Waals surface area contributed by atoms with E-state index in [0.717, 1.165) is 43.9 Å². The van der Waals surface area contributed by atoms with Crippen molar-refractivity contribution in [2.75, 3.05) is 32.7 Å². The lowest BCUT2D eigenvalue weighted by molar-refractivity contribution is -0.127.